The molecule has 0 saturated heterocycles. The van der Waals surface area contributed by atoms with E-state index >= 15 is 0 Å². The van der Waals surface area contributed by atoms with Gasteiger partial charge in [0.15, 0.2) is 0 Å². The van der Waals surface area contributed by atoms with E-state index in [1.54, 1.807) is 0 Å². The van der Waals surface area contributed by atoms with Crippen LogP contribution in [-0.2, 0) is 0 Å². The van der Waals surface area contributed by atoms with Crippen LogP contribution in [0.5, 0.6) is 5.75 Å². The molecular weight excluding hydrogens is 288 g/mol. The molecule has 1 heterocycles. The molecule has 0 aromatic heterocycles. The molecule has 0 spiro atoms. The monoisotopic (exact) mass is 308 g/mol. The van der Waals surface area contributed by atoms with Crippen molar-refractivity contribution in [3.63, 3.8) is 0 Å². The summed E-state index contributed by atoms with van der Waals surface area (Å²) in [5.41, 5.74) is 1.95. The highest BCUT2D eigenvalue weighted by Crippen LogP contribution is 2.49. The summed E-state index contributed by atoms with van der Waals surface area (Å²) >= 11 is 3.79. The van der Waals surface area contributed by atoms with Crippen LogP contribution in [0.2, 0.25) is 0 Å². The van der Waals surface area contributed by atoms with Crippen LogP contribution in [-0.4, -0.2) is 11.4 Å². The van der Waals surface area contributed by atoms with Gasteiger partial charge < -0.3 is 4.74 Å². The highest BCUT2D eigenvalue weighted by molar-refractivity contribution is 9.09. The van der Waals surface area contributed by atoms with Crippen molar-refractivity contribution in [2.24, 2.45) is 5.41 Å². The lowest BCUT2D eigenvalue weighted by atomic mass is 9.75. The summed E-state index contributed by atoms with van der Waals surface area (Å²) in [4.78, 5) is 0.734. The lowest BCUT2D eigenvalue weighted by Gasteiger charge is -2.33. The minimum absolute atomic E-state index is 0.517. The van der Waals surface area contributed by atoms with Crippen LogP contribution in [0.25, 0.3) is 0 Å². The molecule has 0 amide bonds. The quantitative estimate of drug-likeness (QED) is 0.706. The SMILES string of the molecule is CC1(CC2CCOc3ccccc32)CCC(Br)C1. The molecule has 0 bridgehead atoms. The molecule has 0 radical (unpaired) electrons. The van der Waals surface area contributed by atoms with Gasteiger partial charge in [-0.1, -0.05) is 41.1 Å². The summed E-state index contributed by atoms with van der Waals surface area (Å²) in [6.07, 6.45) is 6.52. The largest absolute Gasteiger partial charge is 0.493 e. The van der Waals surface area contributed by atoms with E-state index in [1.165, 1.54) is 37.7 Å². The van der Waals surface area contributed by atoms with Gasteiger partial charge in [-0.25, -0.2) is 0 Å². The first-order valence-corrected chi connectivity index (χ1v) is 7.94. The molecule has 1 aliphatic carbocycles. The van der Waals surface area contributed by atoms with Gasteiger partial charge in [0, 0.05) is 4.83 Å². The molecule has 3 rings (SSSR count). The Kier molecular flexibility index (Phi) is 3.40. The molecule has 18 heavy (non-hydrogen) atoms. The highest BCUT2D eigenvalue weighted by atomic mass is 79.9. The molecule has 98 valence electrons. The van der Waals surface area contributed by atoms with Crippen LogP contribution in [0, 0.1) is 5.41 Å². The summed E-state index contributed by atoms with van der Waals surface area (Å²) in [5, 5.41) is 0. The van der Waals surface area contributed by atoms with E-state index < -0.39 is 0 Å². The lowest BCUT2D eigenvalue weighted by Crippen LogP contribution is -2.21. The Hall–Kier alpha value is -0.500. The number of hydrogen-bond acceptors (Lipinski definition) is 1. The second-order valence-corrected chi connectivity index (χ2v) is 7.52. The zero-order valence-electron chi connectivity index (χ0n) is 11.0. The van der Waals surface area contributed by atoms with Crippen LogP contribution >= 0.6 is 15.9 Å². The number of alkyl halides is 1. The molecule has 2 aliphatic rings. The third kappa shape index (κ3) is 2.45. The summed E-state index contributed by atoms with van der Waals surface area (Å²) in [6.45, 7) is 3.35. The Bertz CT molecular complexity index is 431. The molecule has 1 aromatic carbocycles. The van der Waals surface area contributed by atoms with E-state index in [0.717, 1.165) is 17.2 Å². The number of rotatable bonds is 2. The van der Waals surface area contributed by atoms with Crippen LogP contribution in [0.3, 0.4) is 0 Å². The number of fused-ring (bicyclic) bond motifs is 1. The smallest absolute Gasteiger partial charge is 0.122 e. The van der Waals surface area contributed by atoms with Crippen molar-refractivity contribution < 1.29 is 4.74 Å². The molecule has 1 aromatic rings. The Balaban J connectivity index is 1.78. The van der Waals surface area contributed by atoms with Crippen molar-refractivity contribution in [3.8, 4) is 5.75 Å². The van der Waals surface area contributed by atoms with Crippen molar-refractivity contribution >= 4 is 15.9 Å². The third-order valence-electron chi connectivity index (χ3n) is 4.60. The molecule has 3 unspecified atom stereocenters. The van der Waals surface area contributed by atoms with Gasteiger partial charge in [-0.05, 0) is 55.1 Å². The lowest BCUT2D eigenvalue weighted by molar-refractivity contribution is 0.217. The van der Waals surface area contributed by atoms with Gasteiger partial charge in [-0.2, -0.15) is 0 Å². The van der Waals surface area contributed by atoms with Crippen molar-refractivity contribution in [3.05, 3.63) is 29.8 Å². The van der Waals surface area contributed by atoms with Gasteiger partial charge in [0.25, 0.3) is 0 Å². The second-order valence-electron chi connectivity index (χ2n) is 6.23. The summed E-state index contributed by atoms with van der Waals surface area (Å²) in [7, 11) is 0. The molecular formula is C16H21BrO. The zero-order valence-corrected chi connectivity index (χ0v) is 12.6. The van der Waals surface area contributed by atoms with E-state index in [9.17, 15) is 0 Å². The Morgan fingerprint density at radius 1 is 1.33 bits per heavy atom. The van der Waals surface area contributed by atoms with E-state index in [-0.39, 0.29) is 0 Å². The molecule has 1 aliphatic heterocycles. The van der Waals surface area contributed by atoms with Crippen molar-refractivity contribution in [1.82, 2.24) is 0 Å². The number of ether oxygens (including phenoxy) is 1. The maximum Gasteiger partial charge on any atom is 0.122 e. The highest BCUT2D eigenvalue weighted by Gasteiger charge is 2.37. The molecule has 3 atom stereocenters. The van der Waals surface area contributed by atoms with Crippen LogP contribution in [0.15, 0.2) is 24.3 Å². The van der Waals surface area contributed by atoms with Gasteiger partial charge in [0.1, 0.15) is 5.75 Å². The molecule has 0 N–H and O–H groups in total. The summed E-state index contributed by atoms with van der Waals surface area (Å²) in [5.74, 6) is 1.81. The maximum absolute atomic E-state index is 5.76. The number of benzene rings is 1. The van der Waals surface area contributed by atoms with Gasteiger partial charge in [0.2, 0.25) is 0 Å². The third-order valence-corrected chi connectivity index (χ3v) is 5.38. The second kappa shape index (κ2) is 4.88. The van der Waals surface area contributed by atoms with E-state index in [2.05, 4.69) is 47.1 Å². The van der Waals surface area contributed by atoms with E-state index in [0.29, 0.717) is 11.3 Å². The predicted molar refractivity (Wildman–Crippen MR) is 78.6 cm³/mol. The summed E-state index contributed by atoms with van der Waals surface area (Å²) in [6, 6.07) is 8.59. The van der Waals surface area contributed by atoms with Gasteiger partial charge in [-0.3, -0.25) is 0 Å². The molecule has 1 nitrogen and oxygen atoms in total. The Morgan fingerprint density at radius 2 is 2.17 bits per heavy atom. The molecule has 2 heteroatoms. The van der Waals surface area contributed by atoms with Crippen molar-refractivity contribution in [2.75, 3.05) is 6.61 Å². The van der Waals surface area contributed by atoms with Crippen molar-refractivity contribution in [1.29, 1.82) is 0 Å². The number of hydrogen-bond donors (Lipinski definition) is 0. The number of halogens is 1. The Morgan fingerprint density at radius 3 is 2.94 bits per heavy atom. The first kappa shape index (κ1) is 12.5. The van der Waals surface area contributed by atoms with Crippen LogP contribution in [0.4, 0.5) is 0 Å². The minimum Gasteiger partial charge on any atom is -0.493 e. The maximum atomic E-state index is 5.76. The average molecular weight is 309 g/mol. The number of para-hydroxylation sites is 1. The average Bonchev–Trinajstić information content (AvgIpc) is 2.70. The summed E-state index contributed by atoms with van der Waals surface area (Å²) < 4.78 is 5.76. The standard InChI is InChI=1S/C16H21BrO/c1-16(8-6-13(17)11-16)10-12-7-9-18-15-5-3-2-4-14(12)15/h2-5,12-13H,6-11H2,1H3. The van der Waals surface area contributed by atoms with Gasteiger partial charge in [-0.15, -0.1) is 0 Å². The van der Waals surface area contributed by atoms with Crippen molar-refractivity contribution in [2.45, 2.75) is 49.8 Å². The first-order chi connectivity index (χ1) is 8.66. The predicted octanol–water partition coefficient (Wildman–Crippen LogP) is 4.90. The topological polar surface area (TPSA) is 9.23 Å². The first-order valence-electron chi connectivity index (χ1n) is 7.02. The van der Waals surface area contributed by atoms with Crippen LogP contribution < -0.4 is 4.74 Å². The normalized spacial score (nSPS) is 35.0. The zero-order chi connectivity index (χ0) is 12.6. The van der Waals surface area contributed by atoms with Crippen LogP contribution in [0.1, 0.15) is 50.5 Å². The van der Waals surface area contributed by atoms with E-state index in [4.69, 9.17) is 4.74 Å². The van der Waals surface area contributed by atoms with Gasteiger partial charge >= 0.3 is 0 Å². The fourth-order valence-electron chi connectivity index (χ4n) is 3.65. The molecule has 1 saturated carbocycles. The fourth-order valence-corrected chi connectivity index (χ4v) is 4.66. The van der Waals surface area contributed by atoms with Gasteiger partial charge in [0.05, 0.1) is 6.61 Å². The molecule has 1 fully saturated rings. The fraction of sp³-hybridized carbons (Fsp3) is 0.625. The van der Waals surface area contributed by atoms with E-state index in [1.807, 2.05) is 0 Å². The minimum atomic E-state index is 0.517. The Labute approximate surface area is 118 Å².